The number of nitrogens with zero attached hydrogens (tertiary/aromatic N) is 8. The molecular weight excluding hydrogens is 721 g/mol. The number of hydrogen-bond donors (Lipinski definition) is 1. The normalized spacial score (nSPS) is 20.2. The highest BCUT2D eigenvalue weighted by molar-refractivity contribution is 6.07. The average molecular weight is 774 g/mol. The smallest absolute Gasteiger partial charge is 0.268 e. The van der Waals surface area contributed by atoms with E-state index in [1.165, 1.54) is 6.20 Å². The number of pyridine rings is 1. The van der Waals surface area contributed by atoms with E-state index in [1.807, 2.05) is 47.4 Å². The van der Waals surface area contributed by atoms with Gasteiger partial charge in [0.25, 0.3) is 11.8 Å². The van der Waals surface area contributed by atoms with E-state index in [0.29, 0.717) is 24.1 Å². The van der Waals surface area contributed by atoms with Crippen molar-refractivity contribution in [3.8, 4) is 22.9 Å². The summed E-state index contributed by atoms with van der Waals surface area (Å²) >= 11 is 0. The summed E-state index contributed by atoms with van der Waals surface area (Å²) in [7, 11) is 2.16. The monoisotopic (exact) mass is 773 g/mol. The molecule has 3 aliphatic heterocycles. The lowest BCUT2D eigenvalue weighted by molar-refractivity contribution is -0.134. The number of alkyl halides is 2. The van der Waals surface area contributed by atoms with Crippen molar-refractivity contribution in [3.05, 3.63) is 60.3 Å². The average Bonchev–Trinajstić information content (AvgIpc) is 3.57. The Hall–Kier alpha value is -4.75. The zero-order chi connectivity index (χ0) is 39.7. The van der Waals surface area contributed by atoms with Gasteiger partial charge in [-0.05, 0) is 61.5 Å². The van der Waals surface area contributed by atoms with Gasteiger partial charge in [0.05, 0.1) is 43.4 Å². The molecule has 300 valence electrons. The van der Waals surface area contributed by atoms with E-state index < -0.39 is 43.3 Å². The molecule has 0 bridgehead atoms. The molecule has 3 aromatic rings. The zero-order valence-corrected chi connectivity index (χ0v) is 32.5. The van der Waals surface area contributed by atoms with Crippen molar-refractivity contribution in [1.82, 2.24) is 39.7 Å². The predicted molar refractivity (Wildman–Crippen MR) is 209 cm³/mol. The van der Waals surface area contributed by atoms with Crippen LogP contribution < -0.4 is 10.1 Å². The summed E-state index contributed by atoms with van der Waals surface area (Å²) in [5.74, 6) is -3.45. The van der Waals surface area contributed by atoms with Crippen molar-refractivity contribution >= 4 is 28.6 Å². The largest absolute Gasteiger partial charge is 0.494 e. The van der Waals surface area contributed by atoms with Crippen LogP contribution in [0.25, 0.3) is 22.0 Å². The number of carbonyl (C=O) groups is 3. The molecule has 0 saturated carbocycles. The predicted octanol–water partition coefficient (Wildman–Crippen LogP) is 2.87. The summed E-state index contributed by atoms with van der Waals surface area (Å²) in [6.45, 7) is 13.0. The highest BCUT2D eigenvalue weighted by atomic mass is 19.3. The van der Waals surface area contributed by atoms with Gasteiger partial charge in [-0.25, -0.2) is 8.78 Å². The molecule has 0 radical (unpaired) electrons. The molecule has 0 aliphatic carbocycles. The van der Waals surface area contributed by atoms with Gasteiger partial charge in [-0.1, -0.05) is 25.1 Å². The second-order valence-corrected chi connectivity index (χ2v) is 15.0. The van der Waals surface area contributed by atoms with Crippen molar-refractivity contribution in [2.75, 3.05) is 112 Å². The summed E-state index contributed by atoms with van der Waals surface area (Å²) in [4.78, 5) is 55.7. The second-order valence-electron chi connectivity index (χ2n) is 15.0. The first-order valence-corrected chi connectivity index (χ1v) is 19.6. The lowest BCUT2D eigenvalue weighted by Gasteiger charge is -2.36. The summed E-state index contributed by atoms with van der Waals surface area (Å²) in [5.41, 5.74) is 2.63. The van der Waals surface area contributed by atoms with Crippen LogP contribution in [0.1, 0.15) is 30.1 Å². The van der Waals surface area contributed by atoms with E-state index in [-0.39, 0.29) is 11.5 Å². The van der Waals surface area contributed by atoms with Crippen molar-refractivity contribution in [1.29, 1.82) is 5.26 Å². The van der Waals surface area contributed by atoms with Gasteiger partial charge in [-0.15, -0.1) is 0 Å². The molecule has 1 atom stereocenters. The van der Waals surface area contributed by atoms with Gasteiger partial charge in [-0.3, -0.25) is 29.2 Å². The molecule has 3 fully saturated rings. The topological polar surface area (TPSA) is 129 Å². The van der Waals surface area contributed by atoms with E-state index >= 15 is 0 Å². The van der Waals surface area contributed by atoms with Gasteiger partial charge in [0.2, 0.25) is 11.8 Å². The standard InChI is InChI=1S/C41H53F2N9O4/c1-3-48-16-14-47(2)15-17-50(19-18-48)29-39(54)51-22-20-49(21-23-51)13-4-24-56-34-8-5-31(6-9-34)32-7-10-37-36(25-32)35(11-12-45-37)40(55)46-28-38(53)52-30-41(42,43)26-33(52)27-44/h5-12,25,33H,3-4,13-24,26,28-30H2,1-2H3,(H,46,55)/t33-/m0/s1. The Morgan fingerprint density at radius 2 is 1.57 bits per heavy atom. The number of ether oxygens (including phenoxy) is 1. The fraction of sp³-hybridized carbons (Fsp3) is 0.537. The summed E-state index contributed by atoms with van der Waals surface area (Å²) in [6.07, 6.45) is 1.65. The Kier molecular flexibility index (Phi) is 13.8. The maximum absolute atomic E-state index is 13.8. The number of aromatic nitrogens is 1. The molecule has 3 amide bonds. The number of carbonyl (C=O) groups excluding carboxylic acids is 3. The Bertz CT molecular complexity index is 1870. The van der Waals surface area contributed by atoms with Crippen LogP contribution in [0.4, 0.5) is 8.78 Å². The van der Waals surface area contributed by atoms with Crippen molar-refractivity contribution in [3.63, 3.8) is 0 Å². The molecule has 3 saturated heterocycles. The van der Waals surface area contributed by atoms with Crippen LogP contribution in [0.3, 0.4) is 0 Å². The highest BCUT2D eigenvalue weighted by Gasteiger charge is 2.47. The molecule has 2 aromatic carbocycles. The van der Waals surface area contributed by atoms with E-state index in [9.17, 15) is 28.4 Å². The minimum absolute atomic E-state index is 0.225. The first-order valence-electron chi connectivity index (χ1n) is 19.6. The van der Waals surface area contributed by atoms with Crippen LogP contribution in [0, 0.1) is 11.3 Å². The van der Waals surface area contributed by atoms with Crippen LogP contribution in [-0.4, -0.2) is 176 Å². The lowest BCUT2D eigenvalue weighted by atomic mass is 10.0. The number of likely N-dealkylation sites (tertiary alicyclic amines) is 1. The van der Waals surface area contributed by atoms with Gasteiger partial charge in [0, 0.05) is 90.0 Å². The van der Waals surface area contributed by atoms with E-state index in [2.05, 4.69) is 43.9 Å². The number of amides is 3. The molecule has 15 heteroatoms. The minimum Gasteiger partial charge on any atom is -0.494 e. The number of piperazine rings is 1. The van der Waals surface area contributed by atoms with Crippen LogP contribution >= 0.6 is 0 Å². The molecular formula is C41H53F2N9O4. The van der Waals surface area contributed by atoms with Gasteiger partial charge in [-0.2, -0.15) is 5.26 Å². The van der Waals surface area contributed by atoms with Crippen LogP contribution in [-0.2, 0) is 9.59 Å². The number of hydrogen-bond acceptors (Lipinski definition) is 10. The molecule has 4 heterocycles. The fourth-order valence-electron chi connectivity index (χ4n) is 7.52. The maximum atomic E-state index is 13.8. The van der Waals surface area contributed by atoms with Gasteiger partial charge in [0.1, 0.15) is 11.8 Å². The fourth-order valence-corrected chi connectivity index (χ4v) is 7.52. The molecule has 13 nitrogen and oxygen atoms in total. The number of rotatable bonds is 12. The third-order valence-corrected chi connectivity index (χ3v) is 11.1. The Morgan fingerprint density at radius 1 is 0.893 bits per heavy atom. The van der Waals surface area contributed by atoms with Crippen molar-refractivity contribution < 1.29 is 27.9 Å². The first kappa shape index (κ1) is 40.9. The molecule has 56 heavy (non-hydrogen) atoms. The first-order chi connectivity index (χ1) is 27.0. The third-order valence-electron chi connectivity index (χ3n) is 11.1. The molecule has 0 unspecified atom stereocenters. The molecule has 6 rings (SSSR count). The molecule has 3 aliphatic rings. The minimum atomic E-state index is -3.13. The van der Waals surface area contributed by atoms with Crippen LogP contribution in [0.2, 0.25) is 0 Å². The van der Waals surface area contributed by atoms with E-state index in [4.69, 9.17) is 4.74 Å². The van der Waals surface area contributed by atoms with E-state index in [0.717, 1.165) is 107 Å². The van der Waals surface area contributed by atoms with Crippen molar-refractivity contribution in [2.45, 2.75) is 31.7 Å². The van der Waals surface area contributed by atoms with Gasteiger partial charge in [0.15, 0.2) is 0 Å². The molecule has 0 spiro atoms. The van der Waals surface area contributed by atoms with Crippen molar-refractivity contribution in [2.24, 2.45) is 0 Å². The number of fused-ring (bicyclic) bond motifs is 1. The Balaban J connectivity index is 0.939. The SMILES string of the molecule is CCN1CCN(C)CCN(CC(=O)N2CCN(CCCOc3ccc(-c4ccc5nccc(C(=O)NCC(=O)N6CC(F)(F)C[C@H]6C#N)c5c4)cc3)CC2)CC1. The summed E-state index contributed by atoms with van der Waals surface area (Å²) in [5, 5.41) is 12.3. The number of nitrogens with one attached hydrogen (secondary N) is 1. The quantitative estimate of drug-likeness (QED) is 0.275. The van der Waals surface area contributed by atoms with Gasteiger partial charge >= 0.3 is 0 Å². The second kappa shape index (κ2) is 18.9. The maximum Gasteiger partial charge on any atom is 0.268 e. The number of nitriles is 1. The lowest BCUT2D eigenvalue weighted by Crippen LogP contribution is -2.52. The van der Waals surface area contributed by atoms with E-state index in [1.54, 1.807) is 12.1 Å². The summed E-state index contributed by atoms with van der Waals surface area (Å²) < 4.78 is 33.7. The number of likely N-dealkylation sites (N-methyl/N-ethyl adjacent to an activating group) is 2. The molecule has 1 aromatic heterocycles. The highest BCUT2D eigenvalue weighted by Crippen LogP contribution is 2.32. The van der Waals surface area contributed by atoms with Crippen LogP contribution in [0.5, 0.6) is 5.75 Å². The van der Waals surface area contributed by atoms with Crippen LogP contribution in [0.15, 0.2) is 54.7 Å². The molecule has 1 N–H and O–H groups in total. The summed E-state index contributed by atoms with van der Waals surface area (Å²) in [6, 6.07) is 15.4. The number of benzene rings is 2. The Morgan fingerprint density at radius 3 is 2.30 bits per heavy atom. The Labute approximate surface area is 327 Å². The third kappa shape index (κ3) is 10.8. The van der Waals surface area contributed by atoms with Gasteiger partial charge < -0.3 is 29.7 Å². The number of halogens is 2. The zero-order valence-electron chi connectivity index (χ0n) is 32.5.